The van der Waals surface area contributed by atoms with Crippen LogP contribution in [0.4, 0.5) is 4.79 Å². The van der Waals surface area contributed by atoms with Crippen molar-refractivity contribution in [2.24, 2.45) is 0 Å². The van der Waals surface area contributed by atoms with Crippen LogP contribution in [-0.4, -0.2) is 19.0 Å². The summed E-state index contributed by atoms with van der Waals surface area (Å²) in [6.45, 7) is 1.94. The Bertz CT molecular complexity index is 753. The van der Waals surface area contributed by atoms with Crippen molar-refractivity contribution in [2.75, 3.05) is 7.05 Å². The Hall–Kier alpha value is -2.08. The first-order valence-corrected chi connectivity index (χ1v) is 8.55. The van der Waals surface area contributed by atoms with E-state index in [4.69, 9.17) is 23.2 Å². The smallest absolute Gasteiger partial charge is 0.321 e. The second kappa shape index (κ2) is 8.85. The van der Waals surface area contributed by atoms with Crippen molar-refractivity contribution in [3.8, 4) is 0 Å². The number of nitrogens with one attached hydrogen (secondary N) is 2. The van der Waals surface area contributed by atoms with E-state index in [1.807, 2.05) is 48.6 Å². The van der Waals surface area contributed by atoms with Crippen molar-refractivity contribution >= 4 is 35.1 Å². The molecule has 0 spiro atoms. The Labute approximate surface area is 156 Å². The van der Waals surface area contributed by atoms with Crippen LogP contribution in [0.3, 0.4) is 0 Å². The van der Waals surface area contributed by atoms with Crippen LogP contribution in [0.25, 0.3) is 0 Å². The van der Waals surface area contributed by atoms with Gasteiger partial charge in [0.2, 0.25) is 0 Å². The summed E-state index contributed by atoms with van der Waals surface area (Å²) in [4.78, 5) is 24.1. The highest BCUT2D eigenvalue weighted by atomic mass is 35.5. The van der Waals surface area contributed by atoms with E-state index in [0.29, 0.717) is 10.0 Å². The van der Waals surface area contributed by atoms with Crippen LogP contribution >= 0.6 is 23.2 Å². The second-order valence-electron chi connectivity index (χ2n) is 5.60. The molecular weight excluding hydrogens is 361 g/mol. The minimum absolute atomic E-state index is 0.120. The van der Waals surface area contributed by atoms with Crippen LogP contribution in [0, 0.1) is 0 Å². The first-order valence-electron chi connectivity index (χ1n) is 7.79. The lowest BCUT2D eigenvalue weighted by molar-refractivity contribution is -0.719. The molecule has 132 valence electrons. The lowest BCUT2D eigenvalue weighted by Gasteiger charge is -2.20. The number of hydrogen-bond acceptors (Lipinski definition) is 2. The number of amides is 3. The molecule has 0 aliphatic rings. The molecule has 2 rings (SSSR count). The SMILES string of the molecule is CNC(=O)NC(=O)[C@H]([NH2+][C@H](C)c1ccc(Cl)cc1Cl)c1ccccc1. The molecule has 0 fully saturated rings. The summed E-state index contributed by atoms with van der Waals surface area (Å²) in [5.74, 6) is -0.400. The number of hydrogen-bond donors (Lipinski definition) is 3. The van der Waals surface area contributed by atoms with Gasteiger partial charge in [0, 0.05) is 23.2 Å². The Morgan fingerprint density at radius 2 is 1.76 bits per heavy atom. The minimum atomic E-state index is -0.597. The zero-order valence-corrected chi connectivity index (χ0v) is 15.4. The first-order chi connectivity index (χ1) is 11.9. The van der Waals surface area contributed by atoms with E-state index < -0.39 is 18.0 Å². The fraction of sp³-hybridized carbons (Fsp3) is 0.222. The van der Waals surface area contributed by atoms with E-state index in [1.54, 1.807) is 12.1 Å². The van der Waals surface area contributed by atoms with E-state index in [0.717, 1.165) is 11.1 Å². The molecule has 0 radical (unpaired) electrons. The van der Waals surface area contributed by atoms with Gasteiger partial charge in [0.1, 0.15) is 6.04 Å². The average Bonchev–Trinajstić information content (AvgIpc) is 2.59. The van der Waals surface area contributed by atoms with Gasteiger partial charge in [-0.1, -0.05) is 59.6 Å². The molecule has 2 atom stereocenters. The molecule has 5 nitrogen and oxygen atoms in total. The topological polar surface area (TPSA) is 74.8 Å². The Morgan fingerprint density at radius 3 is 2.36 bits per heavy atom. The number of quaternary nitrogens is 1. The number of nitrogens with two attached hydrogens (primary N) is 1. The van der Waals surface area contributed by atoms with E-state index in [2.05, 4.69) is 10.6 Å². The first kappa shape index (κ1) is 19.2. The van der Waals surface area contributed by atoms with Gasteiger partial charge in [0.05, 0.1) is 5.02 Å². The third-order valence-corrected chi connectivity index (χ3v) is 4.40. The van der Waals surface area contributed by atoms with E-state index in [1.165, 1.54) is 7.05 Å². The summed E-state index contributed by atoms with van der Waals surface area (Å²) in [7, 11) is 1.46. The van der Waals surface area contributed by atoms with Crippen molar-refractivity contribution in [1.82, 2.24) is 10.6 Å². The van der Waals surface area contributed by atoms with Crippen molar-refractivity contribution in [1.29, 1.82) is 0 Å². The fourth-order valence-corrected chi connectivity index (χ4v) is 3.11. The number of carbonyl (C=O) groups is 2. The Morgan fingerprint density at radius 1 is 1.08 bits per heavy atom. The summed E-state index contributed by atoms with van der Waals surface area (Å²) in [6.07, 6.45) is 0. The van der Waals surface area contributed by atoms with Crippen LogP contribution in [0.2, 0.25) is 10.0 Å². The summed E-state index contributed by atoms with van der Waals surface area (Å²) >= 11 is 12.2. The molecule has 0 saturated heterocycles. The van der Waals surface area contributed by atoms with Crippen molar-refractivity contribution < 1.29 is 14.9 Å². The standard InChI is InChI=1S/C18H19Cl2N3O2/c1-11(14-9-8-13(19)10-15(14)20)22-16(12-6-4-3-5-7-12)17(24)23-18(25)21-2/h3-11,16,22H,1-2H3,(H2,21,23,24,25)/p+1/t11-,16-/m1/s1. The molecule has 2 aromatic carbocycles. The number of imide groups is 1. The highest BCUT2D eigenvalue weighted by Crippen LogP contribution is 2.25. The summed E-state index contributed by atoms with van der Waals surface area (Å²) in [6, 6.07) is 13.3. The lowest BCUT2D eigenvalue weighted by atomic mass is 10.0. The van der Waals surface area contributed by atoms with Gasteiger partial charge in [-0.15, -0.1) is 0 Å². The van der Waals surface area contributed by atoms with Crippen LogP contribution in [0.1, 0.15) is 30.1 Å². The van der Waals surface area contributed by atoms with Gasteiger partial charge in [0.15, 0.2) is 6.04 Å². The Balaban J connectivity index is 2.26. The summed E-state index contributed by atoms with van der Waals surface area (Å²) in [5, 5.41) is 7.67. The van der Waals surface area contributed by atoms with Gasteiger partial charge < -0.3 is 10.6 Å². The van der Waals surface area contributed by atoms with Gasteiger partial charge in [-0.3, -0.25) is 10.1 Å². The Kier molecular flexibility index (Phi) is 6.82. The molecule has 2 aromatic rings. The predicted molar refractivity (Wildman–Crippen MR) is 98.6 cm³/mol. The summed E-state index contributed by atoms with van der Waals surface area (Å²) < 4.78 is 0. The van der Waals surface area contributed by atoms with Crippen LogP contribution in [0.15, 0.2) is 48.5 Å². The molecule has 0 heterocycles. The third kappa shape index (κ3) is 5.19. The molecular formula is C18H20Cl2N3O2+. The van der Waals surface area contributed by atoms with Gasteiger partial charge in [-0.2, -0.15) is 0 Å². The number of carbonyl (C=O) groups excluding carboxylic acids is 2. The molecule has 4 N–H and O–H groups in total. The van der Waals surface area contributed by atoms with Gasteiger partial charge in [-0.25, -0.2) is 4.79 Å². The number of halogens is 2. The molecule has 0 bridgehead atoms. The van der Waals surface area contributed by atoms with Gasteiger partial charge >= 0.3 is 6.03 Å². The van der Waals surface area contributed by atoms with Gasteiger partial charge in [-0.05, 0) is 19.1 Å². The number of rotatable bonds is 5. The molecule has 0 aliphatic heterocycles. The maximum atomic E-state index is 12.6. The molecule has 25 heavy (non-hydrogen) atoms. The normalized spacial score (nSPS) is 13.0. The van der Waals surface area contributed by atoms with Crippen molar-refractivity contribution in [3.05, 3.63) is 69.7 Å². The highest BCUT2D eigenvalue weighted by molar-refractivity contribution is 6.35. The van der Waals surface area contributed by atoms with Gasteiger partial charge in [0.25, 0.3) is 5.91 Å². The van der Waals surface area contributed by atoms with Crippen LogP contribution < -0.4 is 16.0 Å². The molecule has 0 saturated carbocycles. The second-order valence-corrected chi connectivity index (χ2v) is 6.45. The van der Waals surface area contributed by atoms with Crippen molar-refractivity contribution in [2.45, 2.75) is 19.0 Å². The largest absolute Gasteiger partial charge is 0.341 e. The number of benzene rings is 2. The van der Waals surface area contributed by atoms with E-state index in [-0.39, 0.29) is 6.04 Å². The van der Waals surface area contributed by atoms with Crippen LogP contribution in [0.5, 0.6) is 0 Å². The fourth-order valence-electron chi connectivity index (χ4n) is 2.53. The zero-order valence-electron chi connectivity index (χ0n) is 13.9. The monoisotopic (exact) mass is 380 g/mol. The van der Waals surface area contributed by atoms with Crippen LogP contribution in [-0.2, 0) is 4.79 Å². The molecule has 0 aliphatic carbocycles. The van der Waals surface area contributed by atoms with E-state index in [9.17, 15) is 9.59 Å². The predicted octanol–water partition coefficient (Wildman–Crippen LogP) is 2.81. The third-order valence-electron chi connectivity index (χ3n) is 3.84. The lowest BCUT2D eigenvalue weighted by Crippen LogP contribution is -2.88. The highest BCUT2D eigenvalue weighted by Gasteiger charge is 2.28. The quantitative estimate of drug-likeness (QED) is 0.745. The molecule has 0 unspecified atom stereocenters. The zero-order chi connectivity index (χ0) is 18.4. The number of urea groups is 1. The maximum Gasteiger partial charge on any atom is 0.321 e. The summed E-state index contributed by atoms with van der Waals surface area (Å²) in [5.41, 5.74) is 1.65. The average molecular weight is 381 g/mol. The molecule has 3 amide bonds. The van der Waals surface area contributed by atoms with E-state index >= 15 is 0 Å². The maximum absolute atomic E-state index is 12.6. The molecule has 7 heteroatoms. The molecule has 0 aromatic heterocycles. The minimum Gasteiger partial charge on any atom is -0.341 e. The van der Waals surface area contributed by atoms with Crippen molar-refractivity contribution in [3.63, 3.8) is 0 Å².